The van der Waals surface area contributed by atoms with Crippen LogP contribution in [0, 0.1) is 0 Å². The summed E-state index contributed by atoms with van der Waals surface area (Å²) in [6.07, 6.45) is 7.41. The summed E-state index contributed by atoms with van der Waals surface area (Å²) in [5.74, 6) is 0. The Morgan fingerprint density at radius 2 is 2.00 bits per heavy atom. The zero-order valence-corrected chi connectivity index (χ0v) is 12.5. The van der Waals surface area contributed by atoms with E-state index in [-0.39, 0.29) is 0 Å². The van der Waals surface area contributed by atoms with E-state index < -0.39 is 0 Å². The third-order valence-electron chi connectivity index (χ3n) is 4.37. The second kappa shape index (κ2) is 5.78. The van der Waals surface area contributed by atoms with Crippen molar-refractivity contribution in [3.8, 4) is 0 Å². The van der Waals surface area contributed by atoms with Gasteiger partial charge in [0.2, 0.25) is 0 Å². The maximum Gasteiger partial charge on any atom is 0.137 e. The summed E-state index contributed by atoms with van der Waals surface area (Å²) in [5.41, 5.74) is 5.14. The molecule has 1 aliphatic heterocycles. The summed E-state index contributed by atoms with van der Waals surface area (Å²) in [5, 5.41) is 1.24. The molecule has 0 fully saturated rings. The predicted octanol–water partition coefficient (Wildman–Crippen LogP) is 3.85. The van der Waals surface area contributed by atoms with Crippen LogP contribution in [0.3, 0.4) is 0 Å². The van der Waals surface area contributed by atoms with Crippen LogP contribution in [0.2, 0.25) is 0 Å². The summed E-state index contributed by atoms with van der Waals surface area (Å²) < 4.78 is 0. The number of H-pyrrole nitrogens is 1. The molecule has 22 heavy (non-hydrogen) atoms. The fraction of sp³-hybridized carbons (Fsp3) is 0.211. The second-order valence-corrected chi connectivity index (χ2v) is 5.79. The van der Waals surface area contributed by atoms with Gasteiger partial charge in [0.25, 0.3) is 0 Å². The van der Waals surface area contributed by atoms with E-state index in [9.17, 15) is 0 Å². The topological polar surface area (TPSA) is 31.9 Å². The molecular formula is C19H19N3. The van der Waals surface area contributed by atoms with Gasteiger partial charge in [-0.25, -0.2) is 4.98 Å². The van der Waals surface area contributed by atoms with E-state index in [1.54, 1.807) is 0 Å². The molecule has 0 aliphatic carbocycles. The lowest BCUT2D eigenvalue weighted by molar-refractivity contribution is 0.295. The Labute approximate surface area is 130 Å². The summed E-state index contributed by atoms with van der Waals surface area (Å²) in [6, 6.07) is 14.8. The number of hydrogen-bond acceptors (Lipinski definition) is 2. The first kappa shape index (κ1) is 13.3. The molecule has 0 atom stereocenters. The average Bonchev–Trinajstić information content (AvgIpc) is 3.00. The molecule has 1 aromatic carbocycles. The molecule has 3 heterocycles. The molecule has 1 aliphatic rings. The molecule has 3 aromatic rings. The largest absolute Gasteiger partial charge is 0.346 e. The van der Waals surface area contributed by atoms with Gasteiger partial charge in [-0.1, -0.05) is 36.4 Å². The third-order valence-corrected chi connectivity index (χ3v) is 4.37. The lowest BCUT2D eigenvalue weighted by Gasteiger charge is -2.26. The van der Waals surface area contributed by atoms with E-state index >= 15 is 0 Å². The number of pyridine rings is 1. The SMILES string of the molecule is C1=C(c2ccccc2)CCN(Cc2c[nH]c3ncccc23)C1. The summed E-state index contributed by atoms with van der Waals surface area (Å²) in [6.45, 7) is 3.09. The van der Waals surface area contributed by atoms with E-state index in [1.807, 2.05) is 12.3 Å². The number of fused-ring (bicyclic) bond motifs is 1. The van der Waals surface area contributed by atoms with Crippen molar-refractivity contribution in [1.29, 1.82) is 0 Å². The van der Waals surface area contributed by atoms with Gasteiger partial charge in [0.05, 0.1) is 0 Å². The molecule has 3 nitrogen and oxygen atoms in total. The van der Waals surface area contributed by atoms with Gasteiger partial charge in [0.15, 0.2) is 0 Å². The van der Waals surface area contributed by atoms with Gasteiger partial charge < -0.3 is 4.98 Å². The summed E-state index contributed by atoms with van der Waals surface area (Å²) in [4.78, 5) is 10.1. The normalized spacial score (nSPS) is 15.9. The minimum absolute atomic E-state index is 0.976. The van der Waals surface area contributed by atoms with E-state index in [1.165, 1.54) is 22.1 Å². The first-order valence-corrected chi connectivity index (χ1v) is 7.78. The number of aromatic nitrogens is 2. The van der Waals surface area contributed by atoms with Gasteiger partial charge in [-0.3, -0.25) is 4.90 Å². The van der Waals surface area contributed by atoms with Gasteiger partial charge in [-0.15, -0.1) is 0 Å². The van der Waals surface area contributed by atoms with Crippen LogP contribution < -0.4 is 0 Å². The van der Waals surface area contributed by atoms with Crippen LogP contribution >= 0.6 is 0 Å². The number of aromatic amines is 1. The molecule has 0 saturated carbocycles. The van der Waals surface area contributed by atoms with Gasteiger partial charge in [-0.05, 0) is 35.3 Å². The number of benzene rings is 1. The van der Waals surface area contributed by atoms with Crippen LogP contribution in [-0.2, 0) is 6.54 Å². The second-order valence-electron chi connectivity index (χ2n) is 5.79. The summed E-state index contributed by atoms with van der Waals surface area (Å²) >= 11 is 0. The quantitative estimate of drug-likeness (QED) is 0.794. The van der Waals surface area contributed by atoms with Crippen LogP contribution in [-0.4, -0.2) is 28.0 Å². The Kier molecular flexibility index (Phi) is 3.49. The molecule has 0 saturated heterocycles. The number of rotatable bonds is 3. The minimum Gasteiger partial charge on any atom is -0.346 e. The molecule has 0 unspecified atom stereocenters. The highest BCUT2D eigenvalue weighted by Gasteiger charge is 2.14. The van der Waals surface area contributed by atoms with E-state index in [0.717, 1.165) is 31.7 Å². The van der Waals surface area contributed by atoms with E-state index in [2.05, 4.69) is 63.5 Å². The Hall–Kier alpha value is -2.39. The Bertz CT molecular complexity index is 802. The fourth-order valence-electron chi connectivity index (χ4n) is 3.15. The van der Waals surface area contributed by atoms with Crippen molar-refractivity contribution in [3.63, 3.8) is 0 Å². The summed E-state index contributed by atoms with van der Waals surface area (Å²) in [7, 11) is 0. The molecule has 1 N–H and O–H groups in total. The van der Waals surface area contributed by atoms with E-state index in [0.29, 0.717) is 0 Å². The van der Waals surface area contributed by atoms with Crippen molar-refractivity contribution in [2.24, 2.45) is 0 Å². The maximum absolute atomic E-state index is 4.36. The van der Waals surface area contributed by atoms with Gasteiger partial charge >= 0.3 is 0 Å². The van der Waals surface area contributed by atoms with Crippen molar-refractivity contribution in [2.75, 3.05) is 13.1 Å². The van der Waals surface area contributed by atoms with Gasteiger partial charge in [0, 0.05) is 37.4 Å². The Balaban J connectivity index is 1.49. The lowest BCUT2D eigenvalue weighted by Crippen LogP contribution is -2.27. The van der Waals surface area contributed by atoms with Crippen molar-refractivity contribution in [2.45, 2.75) is 13.0 Å². The fourth-order valence-corrected chi connectivity index (χ4v) is 3.15. The van der Waals surface area contributed by atoms with Crippen molar-refractivity contribution >= 4 is 16.6 Å². The average molecular weight is 289 g/mol. The minimum atomic E-state index is 0.976. The molecule has 0 spiro atoms. The monoisotopic (exact) mass is 289 g/mol. The van der Waals surface area contributed by atoms with Crippen LogP contribution in [0.1, 0.15) is 17.5 Å². The van der Waals surface area contributed by atoms with Crippen molar-refractivity contribution < 1.29 is 0 Å². The van der Waals surface area contributed by atoms with Crippen LogP contribution in [0.15, 0.2) is 60.9 Å². The highest BCUT2D eigenvalue weighted by atomic mass is 15.1. The number of nitrogens with one attached hydrogen (secondary N) is 1. The molecular weight excluding hydrogens is 270 g/mol. The van der Waals surface area contributed by atoms with Crippen LogP contribution in [0.5, 0.6) is 0 Å². The Morgan fingerprint density at radius 3 is 2.82 bits per heavy atom. The molecule has 4 rings (SSSR count). The third kappa shape index (κ3) is 2.55. The standard InChI is InChI=1S/C19H19N3/c1-2-5-15(6-3-1)16-8-11-22(12-9-16)14-17-13-21-19-18(17)7-4-10-20-19/h1-8,10,13H,9,11-12,14H2,(H,20,21). The Morgan fingerprint density at radius 1 is 1.09 bits per heavy atom. The van der Waals surface area contributed by atoms with Gasteiger partial charge in [0.1, 0.15) is 5.65 Å². The predicted molar refractivity (Wildman–Crippen MR) is 90.4 cm³/mol. The molecule has 0 radical (unpaired) electrons. The zero-order valence-electron chi connectivity index (χ0n) is 12.5. The van der Waals surface area contributed by atoms with Gasteiger partial charge in [-0.2, -0.15) is 0 Å². The zero-order chi connectivity index (χ0) is 14.8. The molecule has 3 heteroatoms. The van der Waals surface area contributed by atoms with Crippen LogP contribution in [0.4, 0.5) is 0 Å². The van der Waals surface area contributed by atoms with Crippen molar-refractivity contribution in [3.05, 3.63) is 72.1 Å². The maximum atomic E-state index is 4.36. The highest BCUT2D eigenvalue weighted by molar-refractivity contribution is 5.79. The number of hydrogen-bond donors (Lipinski definition) is 1. The van der Waals surface area contributed by atoms with Crippen LogP contribution in [0.25, 0.3) is 16.6 Å². The molecule has 0 bridgehead atoms. The smallest absolute Gasteiger partial charge is 0.137 e. The molecule has 110 valence electrons. The molecule has 0 amide bonds. The highest BCUT2D eigenvalue weighted by Crippen LogP contribution is 2.24. The lowest BCUT2D eigenvalue weighted by atomic mass is 9.99. The first-order valence-electron chi connectivity index (χ1n) is 7.78. The van der Waals surface area contributed by atoms with Crippen molar-refractivity contribution in [1.82, 2.24) is 14.9 Å². The van der Waals surface area contributed by atoms with E-state index in [4.69, 9.17) is 0 Å². The number of nitrogens with zero attached hydrogens (tertiary/aromatic N) is 2. The first-order chi connectivity index (χ1) is 10.9. The molecule has 2 aromatic heterocycles.